The van der Waals surface area contributed by atoms with Crippen LogP contribution >= 0.6 is 0 Å². The van der Waals surface area contributed by atoms with Gasteiger partial charge in [0.25, 0.3) is 0 Å². The maximum absolute atomic E-state index is 14.7. The molecule has 0 saturated carbocycles. The first kappa shape index (κ1) is 18.9. The average Bonchev–Trinajstić information content (AvgIpc) is 3.14. The first-order chi connectivity index (χ1) is 13.0. The van der Waals surface area contributed by atoms with Crippen LogP contribution in [0.1, 0.15) is 50.1 Å². The highest BCUT2D eigenvalue weighted by atomic mass is 19.1. The third-order valence-corrected chi connectivity index (χ3v) is 4.77. The fourth-order valence-electron chi connectivity index (χ4n) is 3.04. The summed E-state index contributed by atoms with van der Waals surface area (Å²) in [5.74, 6) is 0.426. The van der Waals surface area contributed by atoms with Gasteiger partial charge in [0, 0.05) is 29.6 Å². The van der Waals surface area contributed by atoms with Crippen LogP contribution < -0.4 is 5.32 Å². The monoisotopic (exact) mass is 368 g/mol. The summed E-state index contributed by atoms with van der Waals surface area (Å²) in [5.41, 5.74) is 2.57. The minimum atomic E-state index is -1.24. The van der Waals surface area contributed by atoms with Crippen molar-refractivity contribution >= 4 is 17.2 Å². The fourth-order valence-corrected chi connectivity index (χ4v) is 3.04. The van der Waals surface area contributed by atoms with Gasteiger partial charge in [0.15, 0.2) is 5.65 Å². The molecule has 0 fully saturated rings. The van der Waals surface area contributed by atoms with Crippen molar-refractivity contribution in [2.24, 2.45) is 0 Å². The molecule has 0 aliphatic rings. The molecule has 3 aromatic rings. The van der Waals surface area contributed by atoms with Crippen LogP contribution in [0, 0.1) is 6.92 Å². The van der Waals surface area contributed by atoms with Crippen LogP contribution in [0.25, 0.3) is 11.2 Å². The molecule has 7 heteroatoms. The van der Waals surface area contributed by atoms with Crippen LogP contribution in [0.2, 0.25) is 0 Å². The molecule has 3 aromatic heterocycles. The predicted molar refractivity (Wildman–Crippen MR) is 105 cm³/mol. The summed E-state index contributed by atoms with van der Waals surface area (Å²) in [7, 11) is 0. The molecule has 1 unspecified atom stereocenters. The Morgan fingerprint density at radius 3 is 2.81 bits per heavy atom. The SMILES string of the molecule is C=C(c1ccn2nccc2n1)c1cnc(NCC(F)(CC)CCC)nc1C. The van der Waals surface area contributed by atoms with Gasteiger partial charge in [-0.25, -0.2) is 23.9 Å². The molecule has 0 saturated heterocycles. The molecule has 0 spiro atoms. The van der Waals surface area contributed by atoms with E-state index < -0.39 is 5.67 Å². The Kier molecular flexibility index (Phi) is 5.48. The third kappa shape index (κ3) is 4.13. The van der Waals surface area contributed by atoms with Crippen molar-refractivity contribution in [3.05, 3.63) is 54.3 Å². The number of hydrogen-bond acceptors (Lipinski definition) is 5. The van der Waals surface area contributed by atoms with Crippen LogP contribution in [-0.2, 0) is 0 Å². The van der Waals surface area contributed by atoms with E-state index in [2.05, 4.69) is 31.9 Å². The molecule has 6 nitrogen and oxygen atoms in total. The number of nitrogens with zero attached hydrogens (tertiary/aromatic N) is 5. The van der Waals surface area contributed by atoms with Crippen LogP contribution in [0.3, 0.4) is 0 Å². The quantitative estimate of drug-likeness (QED) is 0.645. The highest BCUT2D eigenvalue weighted by molar-refractivity contribution is 5.77. The van der Waals surface area contributed by atoms with Crippen molar-refractivity contribution in [2.75, 3.05) is 11.9 Å². The molecule has 0 radical (unpaired) electrons. The molecule has 3 heterocycles. The van der Waals surface area contributed by atoms with E-state index >= 15 is 0 Å². The number of aromatic nitrogens is 5. The van der Waals surface area contributed by atoms with Gasteiger partial charge in [0.05, 0.1) is 24.1 Å². The van der Waals surface area contributed by atoms with Gasteiger partial charge in [0.1, 0.15) is 5.67 Å². The van der Waals surface area contributed by atoms with E-state index in [1.807, 2.05) is 39.1 Å². The number of halogens is 1. The van der Waals surface area contributed by atoms with Gasteiger partial charge >= 0.3 is 0 Å². The van der Waals surface area contributed by atoms with Crippen LogP contribution in [0.15, 0.2) is 37.3 Å². The molecule has 1 atom stereocenters. The maximum atomic E-state index is 14.7. The Balaban J connectivity index is 1.76. The topological polar surface area (TPSA) is 68.0 Å². The van der Waals surface area contributed by atoms with Crippen molar-refractivity contribution in [2.45, 2.75) is 45.7 Å². The van der Waals surface area contributed by atoms with E-state index in [1.54, 1.807) is 16.9 Å². The first-order valence-electron chi connectivity index (χ1n) is 9.22. The van der Waals surface area contributed by atoms with E-state index in [0.29, 0.717) is 18.8 Å². The molecule has 0 aliphatic heterocycles. The van der Waals surface area contributed by atoms with Crippen LogP contribution in [-0.4, -0.2) is 36.8 Å². The summed E-state index contributed by atoms with van der Waals surface area (Å²) in [5, 5.41) is 7.18. The van der Waals surface area contributed by atoms with Crippen molar-refractivity contribution in [1.29, 1.82) is 0 Å². The lowest BCUT2D eigenvalue weighted by atomic mass is 9.97. The number of anilines is 1. The van der Waals surface area contributed by atoms with E-state index in [-0.39, 0.29) is 6.54 Å². The Morgan fingerprint density at radius 1 is 1.30 bits per heavy atom. The summed E-state index contributed by atoms with van der Waals surface area (Å²) >= 11 is 0. The second-order valence-electron chi connectivity index (χ2n) is 6.73. The van der Waals surface area contributed by atoms with Crippen molar-refractivity contribution in [3.63, 3.8) is 0 Å². The Hall–Kier alpha value is -2.83. The number of rotatable bonds is 8. The lowest BCUT2D eigenvalue weighted by Gasteiger charge is -2.23. The minimum absolute atomic E-state index is 0.205. The van der Waals surface area contributed by atoms with E-state index in [4.69, 9.17) is 0 Å². The lowest BCUT2D eigenvalue weighted by Crippen LogP contribution is -2.32. The summed E-state index contributed by atoms with van der Waals surface area (Å²) in [4.78, 5) is 13.4. The zero-order valence-corrected chi connectivity index (χ0v) is 16.0. The lowest BCUT2D eigenvalue weighted by molar-refractivity contribution is 0.158. The second kappa shape index (κ2) is 7.82. The Morgan fingerprint density at radius 2 is 2.11 bits per heavy atom. The Labute approximate surface area is 158 Å². The van der Waals surface area contributed by atoms with Crippen molar-refractivity contribution < 1.29 is 4.39 Å². The molecule has 27 heavy (non-hydrogen) atoms. The number of fused-ring (bicyclic) bond motifs is 1. The molecular formula is C20H25FN6. The molecule has 0 bridgehead atoms. The molecule has 0 aromatic carbocycles. The standard InChI is InChI=1S/C20H25FN6/c1-5-9-20(21,6-2)13-23-19-22-12-16(15(4)25-19)14(3)17-8-11-27-18(26-17)7-10-24-27/h7-8,10-12H,3,5-6,9,13H2,1-2,4H3,(H,22,23,25). The number of aryl methyl sites for hydroxylation is 1. The van der Waals surface area contributed by atoms with Gasteiger partial charge in [0.2, 0.25) is 5.95 Å². The zero-order valence-electron chi connectivity index (χ0n) is 16.0. The largest absolute Gasteiger partial charge is 0.351 e. The average molecular weight is 368 g/mol. The second-order valence-corrected chi connectivity index (χ2v) is 6.73. The fraction of sp³-hybridized carbons (Fsp3) is 0.400. The van der Waals surface area contributed by atoms with Gasteiger partial charge in [-0.2, -0.15) is 5.10 Å². The van der Waals surface area contributed by atoms with E-state index in [9.17, 15) is 4.39 Å². The highest BCUT2D eigenvalue weighted by Crippen LogP contribution is 2.25. The summed E-state index contributed by atoms with van der Waals surface area (Å²) in [6.45, 7) is 10.1. The van der Waals surface area contributed by atoms with Crippen LogP contribution in [0.4, 0.5) is 10.3 Å². The molecule has 142 valence electrons. The van der Waals surface area contributed by atoms with Gasteiger partial charge < -0.3 is 5.32 Å². The van der Waals surface area contributed by atoms with Gasteiger partial charge in [-0.05, 0) is 25.8 Å². The van der Waals surface area contributed by atoms with Gasteiger partial charge in [-0.3, -0.25) is 0 Å². The third-order valence-electron chi connectivity index (χ3n) is 4.77. The van der Waals surface area contributed by atoms with Crippen molar-refractivity contribution in [1.82, 2.24) is 24.6 Å². The number of nitrogens with one attached hydrogen (secondary N) is 1. The summed E-state index contributed by atoms with van der Waals surface area (Å²) < 4.78 is 16.4. The molecular weight excluding hydrogens is 343 g/mol. The summed E-state index contributed by atoms with van der Waals surface area (Å²) in [6, 6.07) is 3.69. The molecule has 0 amide bonds. The smallest absolute Gasteiger partial charge is 0.222 e. The zero-order chi connectivity index (χ0) is 19.4. The maximum Gasteiger partial charge on any atom is 0.222 e. The normalized spacial score (nSPS) is 13.5. The van der Waals surface area contributed by atoms with Gasteiger partial charge in [-0.1, -0.05) is 26.8 Å². The van der Waals surface area contributed by atoms with Crippen LogP contribution in [0.5, 0.6) is 0 Å². The Bertz CT molecular complexity index is 951. The first-order valence-corrected chi connectivity index (χ1v) is 9.22. The molecule has 0 aliphatic carbocycles. The number of alkyl halides is 1. The highest BCUT2D eigenvalue weighted by Gasteiger charge is 2.26. The minimum Gasteiger partial charge on any atom is -0.351 e. The van der Waals surface area contributed by atoms with Gasteiger partial charge in [-0.15, -0.1) is 0 Å². The van der Waals surface area contributed by atoms with E-state index in [0.717, 1.165) is 34.6 Å². The predicted octanol–water partition coefficient (Wildman–Crippen LogP) is 4.22. The number of hydrogen-bond donors (Lipinski definition) is 1. The van der Waals surface area contributed by atoms with Crippen molar-refractivity contribution in [3.8, 4) is 0 Å². The molecule has 1 N–H and O–H groups in total. The molecule has 3 rings (SSSR count). The summed E-state index contributed by atoms with van der Waals surface area (Å²) in [6.07, 6.45) is 7.04. The van der Waals surface area contributed by atoms with E-state index in [1.165, 1.54) is 0 Å².